The maximum atomic E-state index is 11.8. The number of rotatable bonds is 3. The van der Waals surface area contributed by atoms with E-state index in [1.165, 1.54) is 4.68 Å². The molecule has 11 heavy (non-hydrogen) atoms. The Kier molecular flexibility index (Phi) is 2.98. The number of nitrogens with zero attached hydrogens (tertiary/aromatic N) is 2. The zero-order chi connectivity index (χ0) is 8.27. The summed E-state index contributed by atoms with van der Waals surface area (Å²) in [5, 5.41) is 3.82. The minimum absolute atomic E-state index is 0.212. The zero-order valence-electron chi connectivity index (χ0n) is 5.63. The van der Waals surface area contributed by atoms with Gasteiger partial charge in [-0.2, -0.15) is 5.10 Å². The van der Waals surface area contributed by atoms with Gasteiger partial charge in [0.2, 0.25) is 0 Å². The second-order valence-electron chi connectivity index (χ2n) is 1.93. The van der Waals surface area contributed by atoms with Crippen LogP contribution < -0.4 is 0 Å². The summed E-state index contributed by atoms with van der Waals surface area (Å²) in [6.45, 7) is -0.250. The van der Waals surface area contributed by atoms with Crippen molar-refractivity contribution in [1.82, 2.24) is 9.78 Å². The molecule has 0 aliphatic heterocycles. The molecular weight excluding hydrogens is 262 g/mol. The molecule has 0 spiro atoms. The summed E-state index contributed by atoms with van der Waals surface area (Å²) >= 11 is 1.98. The Morgan fingerprint density at radius 1 is 1.82 bits per heavy atom. The van der Waals surface area contributed by atoms with E-state index >= 15 is 0 Å². The Morgan fingerprint density at radius 2 is 2.55 bits per heavy atom. The average molecular weight is 268 g/mol. The van der Waals surface area contributed by atoms with Crippen molar-refractivity contribution in [2.75, 3.05) is 6.67 Å². The van der Waals surface area contributed by atoms with Gasteiger partial charge < -0.3 is 0 Å². The number of hydrogen-bond acceptors (Lipinski definition) is 2. The highest BCUT2D eigenvalue weighted by Crippen LogP contribution is 2.07. The third-order valence-electron chi connectivity index (χ3n) is 1.17. The first-order chi connectivity index (χ1) is 5.27. The van der Waals surface area contributed by atoms with Crippen LogP contribution in [0.2, 0.25) is 0 Å². The van der Waals surface area contributed by atoms with Gasteiger partial charge in [0, 0.05) is 6.20 Å². The van der Waals surface area contributed by atoms with Crippen LogP contribution in [-0.4, -0.2) is 22.7 Å². The van der Waals surface area contributed by atoms with E-state index < -0.39 is 6.67 Å². The van der Waals surface area contributed by atoms with E-state index in [4.69, 9.17) is 0 Å². The molecule has 3 nitrogen and oxygen atoms in total. The monoisotopic (exact) mass is 268 g/mol. The summed E-state index contributed by atoms with van der Waals surface area (Å²) in [6, 6.07) is 0. The first kappa shape index (κ1) is 8.63. The number of aromatic nitrogens is 2. The van der Waals surface area contributed by atoms with Crippen LogP contribution in [0.3, 0.4) is 0 Å². The Balaban J connectivity index is 2.86. The van der Waals surface area contributed by atoms with Gasteiger partial charge in [-0.3, -0.25) is 9.48 Å². The Labute approximate surface area is 76.7 Å². The number of carbonyl (C=O) groups excluding carboxylic acids is 1. The quantitative estimate of drug-likeness (QED) is 0.611. The van der Waals surface area contributed by atoms with Crippen LogP contribution in [0.25, 0.3) is 0 Å². The standard InChI is InChI=1S/C6H6FIN2O/c7-1-2-10-3-5(8)6(4-11)9-10/h3-4H,1-2H2. The lowest BCUT2D eigenvalue weighted by atomic mass is 10.5. The maximum Gasteiger partial charge on any atom is 0.171 e. The second kappa shape index (κ2) is 3.80. The molecule has 0 unspecified atom stereocenters. The van der Waals surface area contributed by atoms with Crippen LogP contribution in [0, 0.1) is 3.57 Å². The molecule has 0 aliphatic carbocycles. The first-order valence-corrected chi connectivity index (χ1v) is 4.10. The lowest BCUT2D eigenvalue weighted by molar-refractivity contribution is 0.111. The van der Waals surface area contributed by atoms with Crippen molar-refractivity contribution in [3.63, 3.8) is 0 Å². The summed E-state index contributed by atoms with van der Waals surface area (Å²) in [7, 11) is 0. The van der Waals surface area contributed by atoms with Crippen molar-refractivity contribution in [3.8, 4) is 0 Å². The molecule has 5 heteroatoms. The van der Waals surface area contributed by atoms with E-state index in [9.17, 15) is 9.18 Å². The Bertz CT molecular complexity index is 261. The summed E-state index contributed by atoms with van der Waals surface area (Å²) in [5.74, 6) is 0. The van der Waals surface area contributed by atoms with E-state index in [2.05, 4.69) is 5.10 Å². The van der Waals surface area contributed by atoms with Crippen LogP contribution in [-0.2, 0) is 6.54 Å². The highest BCUT2D eigenvalue weighted by molar-refractivity contribution is 14.1. The van der Waals surface area contributed by atoms with Gasteiger partial charge in [-0.25, -0.2) is 4.39 Å². The van der Waals surface area contributed by atoms with Crippen LogP contribution >= 0.6 is 22.6 Å². The van der Waals surface area contributed by atoms with Gasteiger partial charge in [-0.05, 0) is 22.6 Å². The van der Waals surface area contributed by atoms with Gasteiger partial charge >= 0.3 is 0 Å². The van der Waals surface area contributed by atoms with Gasteiger partial charge in [0.25, 0.3) is 0 Å². The minimum Gasteiger partial charge on any atom is -0.296 e. The van der Waals surface area contributed by atoms with Crippen molar-refractivity contribution in [1.29, 1.82) is 0 Å². The number of aryl methyl sites for hydroxylation is 1. The highest BCUT2D eigenvalue weighted by atomic mass is 127. The molecule has 0 atom stereocenters. The molecule has 0 radical (unpaired) electrons. The molecule has 0 fully saturated rings. The molecule has 0 N–H and O–H groups in total. The molecule has 1 rings (SSSR count). The predicted molar refractivity (Wildman–Crippen MR) is 46.3 cm³/mol. The lowest BCUT2D eigenvalue weighted by Crippen LogP contribution is -2.00. The molecule has 0 bridgehead atoms. The van der Waals surface area contributed by atoms with Crippen molar-refractivity contribution in [2.45, 2.75) is 6.54 Å². The zero-order valence-corrected chi connectivity index (χ0v) is 7.79. The van der Waals surface area contributed by atoms with Crippen LogP contribution in [0.15, 0.2) is 6.20 Å². The van der Waals surface area contributed by atoms with E-state index in [1.807, 2.05) is 22.6 Å². The van der Waals surface area contributed by atoms with Gasteiger partial charge in [0.15, 0.2) is 6.29 Å². The highest BCUT2D eigenvalue weighted by Gasteiger charge is 2.03. The molecule has 0 aliphatic rings. The number of aldehydes is 1. The molecular formula is C6H6FIN2O. The van der Waals surface area contributed by atoms with Crippen LogP contribution in [0.5, 0.6) is 0 Å². The number of halogens is 2. The lowest BCUT2D eigenvalue weighted by Gasteiger charge is -1.91. The summed E-state index contributed by atoms with van der Waals surface area (Å²) in [4.78, 5) is 10.3. The van der Waals surface area contributed by atoms with Crippen molar-refractivity contribution in [3.05, 3.63) is 15.5 Å². The van der Waals surface area contributed by atoms with Gasteiger partial charge in [-0.15, -0.1) is 0 Å². The molecule has 60 valence electrons. The van der Waals surface area contributed by atoms with Crippen LogP contribution in [0.1, 0.15) is 10.5 Å². The topological polar surface area (TPSA) is 34.9 Å². The summed E-state index contributed by atoms with van der Waals surface area (Å²) in [5.41, 5.74) is 0.374. The SMILES string of the molecule is O=Cc1nn(CCF)cc1I. The fourth-order valence-corrected chi connectivity index (χ4v) is 1.25. The number of alkyl halides is 1. The minimum atomic E-state index is -0.462. The van der Waals surface area contributed by atoms with E-state index in [0.717, 1.165) is 3.57 Å². The van der Waals surface area contributed by atoms with Gasteiger partial charge in [0.1, 0.15) is 12.4 Å². The predicted octanol–water partition coefficient (Wildman–Crippen LogP) is 1.27. The van der Waals surface area contributed by atoms with Crippen molar-refractivity contribution < 1.29 is 9.18 Å². The smallest absolute Gasteiger partial charge is 0.171 e. The summed E-state index contributed by atoms with van der Waals surface area (Å²) in [6.07, 6.45) is 2.31. The van der Waals surface area contributed by atoms with E-state index in [0.29, 0.717) is 12.0 Å². The Morgan fingerprint density at radius 3 is 3.00 bits per heavy atom. The van der Waals surface area contributed by atoms with Gasteiger partial charge in [-0.1, -0.05) is 0 Å². The molecule has 1 heterocycles. The Hall–Kier alpha value is -0.460. The molecule has 0 aromatic carbocycles. The fourth-order valence-electron chi connectivity index (χ4n) is 0.693. The first-order valence-electron chi connectivity index (χ1n) is 3.02. The molecule has 0 saturated heterocycles. The number of hydrogen-bond donors (Lipinski definition) is 0. The molecule has 1 aromatic heterocycles. The average Bonchev–Trinajstić information content (AvgIpc) is 2.32. The third-order valence-corrected chi connectivity index (χ3v) is 2.00. The summed E-state index contributed by atoms with van der Waals surface area (Å²) < 4.78 is 13.9. The van der Waals surface area contributed by atoms with E-state index in [-0.39, 0.29) is 6.54 Å². The number of carbonyl (C=O) groups is 1. The molecule has 0 saturated carbocycles. The van der Waals surface area contributed by atoms with Crippen molar-refractivity contribution in [2.24, 2.45) is 0 Å². The molecule has 0 amide bonds. The molecule has 1 aromatic rings. The second-order valence-corrected chi connectivity index (χ2v) is 3.09. The van der Waals surface area contributed by atoms with E-state index in [1.54, 1.807) is 6.20 Å². The van der Waals surface area contributed by atoms with Crippen LogP contribution in [0.4, 0.5) is 4.39 Å². The third kappa shape index (κ3) is 1.98. The fraction of sp³-hybridized carbons (Fsp3) is 0.333. The van der Waals surface area contributed by atoms with Crippen molar-refractivity contribution >= 4 is 28.9 Å². The normalized spacial score (nSPS) is 10.0. The largest absolute Gasteiger partial charge is 0.296 e. The maximum absolute atomic E-state index is 11.8. The van der Waals surface area contributed by atoms with Gasteiger partial charge in [0.05, 0.1) is 10.1 Å².